The second-order valence-electron chi connectivity index (χ2n) is 3.36. The van der Waals surface area contributed by atoms with Crippen LogP contribution in [0.2, 0.25) is 5.15 Å². The molecule has 0 aliphatic heterocycles. The molecule has 0 unspecified atom stereocenters. The average Bonchev–Trinajstić information content (AvgIpc) is 2.35. The van der Waals surface area contributed by atoms with E-state index in [1.54, 1.807) is 18.4 Å². The molecular formula is C10H11ClN4O3S. The molecule has 0 fully saturated rings. The molecule has 0 atom stereocenters. The third-order valence-electron chi connectivity index (χ3n) is 2.01. The first-order valence-electron chi connectivity index (χ1n) is 5.09. The predicted molar refractivity (Wildman–Crippen MR) is 73.4 cm³/mol. The Morgan fingerprint density at radius 3 is 2.74 bits per heavy atom. The molecule has 1 rings (SSSR count). The molecule has 1 amide bonds. The number of carbonyl (C=O) groups excluding carboxylic acids is 1. The highest BCUT2D eigenvalue weighted by Gasteiger charge is 2.26. The Labute approximate surface area is 118 Å². The van der Waals surface area contributed by atoms with Gasteiger partial charge in [-0.25, -0.2) is 15.1 Å². The molecule has 0 bridgehead atoms. The predicted octanol–water partition coefficient (Wildman–Crippen LogP) is 1.99. The van der Waals surface area contributed by atoms with Crippen LogP contribution in [0, 0.1) is 10.1 Å². The summed E-state index contributed by atoms with van der Waals surface area (Å²) in [6.07, 6.45) is 3.13. The van der Waals surface area contributed by atoms with E-state index in [0.717, 1.165) is 24.2 Å². The third-order valence-corrected chi connectivity index (χ3v) is 2.90. The van der Waals surface area contributed by atoms with Gasteiger partial charge in [0.2, 0.25) is 5.17 Å². The number of aromatic nitrogens is 1. The zero-order valence-electron chi connectivity index (χ0n) is 10.2. The monoisotopic (exact) mass is 302 g/mol. The normalized spacial score (nSPS) is 11.2. The van der Waals surface area contributed by atoms with Crippen LogP contribution in [0.3, 0.4) is 0 Å². The summed E-state index contributed by atoms with van der Waals surface area (Å²) < 4.78 is 0. The quantitative estimate of drug-likeness (QED) is 0.280. The minimum absolute atomic E-state index is 0.0208. The highest BCUT2D eigenvalue weighted by molar-refractivity contribution is 8.13. The van der Waals surface area contributed by atoms with Gasteiger partial charge in [0, 0.05) is 13.1 Å². The zero-order valence-corrected chi connectivity index (χ0v) is 11.8. The van der Waals surface area contributed by atoms with Crippen LogP contribution in [0.4, 0.5) is 0 Å². The number of pyridine rings is 1. The third kappa shape index (κ3) is 4.49. The smallest absolute Gasteiger partial charge is 0.268 e. The maximum Gasteiger partial charge on any atom is 0.289 e. The molecule has 1 aromatic rings. The van der Waals surface area contributed by atoms with Crippen molar-refractivity contribution >= 4 is 34.4 Å². The van der Waals surface area contributed by atoms with Crippen molar-refractivity contribution in [1.82, 2.24) is 9.99 Å². The molecule has 0 aliphatic carbocycles. The number of hydrazine groups is 1. The van der Waals surface area contributed by atoms with Gasteiger partial charge in [0.15, 0.2) is 5.03 Å². The molecule has 102 valence electrons. The van der Waals surface area contributed by atoms with E-state index in [-0.39, 0.29) is 11.7 Å². The van der Waals surface area contributed by atoms with Crippen molar-refractivity contribution in [3.63, 3.8) is 0 Å². The first-order valence-corrected chi connectivity index (χ1v) is 6.70. The van der Waals surface area contributed by atoms with Gasteiger partial charge < -0.3 is 0 Å². The van der Waals surface area contributed by atoms with Crippen molar-refractivity contribution in [3.05, 3.63) is 39.2 Å². The van der Waals surface area contributed by atoms with E-state index in [2.05, 4.69) is 9.98 Å². The van der Waals surface area contributed by atoms with E-state index in [0.29, 0.717) is 10.2 Å². The summed E-state index contributed by atoms with van der Waals surface area (Å²) in [6, 6.07) is 3.31. The summed E-state index contributed by atoms with van der Waals surface area (Å²) >= 11 is 6.67. The van der Waals surface area contributed by atoms with Crippen molar-refractivity contribution < 1.29 is 9.83 Å². The largest absolute Gasteiger partial charge is 0.289 e. The van der Waals surface area contributed by atoms with Crippen LogP contribution >= 0.6 is 23.4 Å². The summed E-state index contributed by atoms with van der Waals surface area (Å²) in [6.45, 7) is 1.29. The number of halogens is 1. The molecule has 0 saturated heterocycles. The second-order valence-corrected chi connectivity index (χ2v) is 4.52. The second kappa shape index (κ2) is 7.05. The SMILES string of the molecule is CSC(=NCc1ccc(Cl)nc1)N(C(C)=O)[N+](=O)[O-]. The van der Waals surface area contributed by atoms with Crippen LogP contribution in [0.5, 0.6) is 0 Å². The lowest BCUT2D eigenvalue weighted by molar-refractivity contribution is -0.608. The Bertz CT molecular complexity index is 492. The fourth-order valence-corrected chi connectivity index (χ4v) is 1.87. The number of amides is 1. The zero-order chi connectivity index (χ0) is 14.4. The summed E-state index contributed by atoms with van der Waals surface area (Å²) in [5.41, 5.74) is 0.739. The van der Waals surface area contributed by atoms with Crippen molar-refractivity contribution in [3.8, 4) is 0 Å². The fraction of sp³-hybridized carbons (Fsp3) is 0.300. The van der Waals surface area contributed by atoms with Crippen LogP contribution in [0.1, 0.15) is 12.5 Å². The molecule has 1 heterocycles. The number of nitro groups is 1. The van der Waals surface area contributed by atoms with Gasteiger partial charge in [-0.2, -0.15) is 0 Å². The van der Waals surface area contributed by atoms with Crippen molar-refractivity contribution in [2.45, 2.75) is 13.5 Å². The first-order chi connectivity index (χ1) is 8.95. The van der Waals surface area contributed by atoms with Gasteiger partial charge in [-0.05, 0) is 22.9 Å². The van der Waals surface area contributed by atoms with Crippen LogP contribution < -0.4 is 0 Å². The van der Waals surface area contributed by atoms with Crippen LogP contribution in [-0.2, 0) is 11.3 Å². The number of thioether (sulfide) groups is 1. The maximum absolute atomic E-state index is 11.2. The van der Waals surface area contributed by atoms with E-state index in [9.17, 15) is 14.9 Å². The average molecular weight is 303 g/mol. The Kier molecular flexibility index (Phi) is 5.71. The van der Waals surface area contributed by atoms with E-state index in [1.165, 1.54) is 6.20 Å². The van der Waals surface area contributed by atoms with Gasteiger partial charge in [0.1, 0.15) is 5.15 Å². The Balaban J connectivity index is 2.89. The number of nitrogens with zero attached hydrogens (tertiary/aromatic N) is 4. The number of rotatable bonds is 3. The van der Waals surface area contributed by atoms with Crippen LogP contribution in [-0.4, -0.2) is 32.4 Å². The molecule has 1 aromatic heterocycles. The summed E-state index contributed by atoms with van der Waals surface area (Å²) in [7, 11) is 0. The molecular weight excluding hydrogens is 292 g/mol. The number of hydrogen-bond acceptors (Lipinski definition) is 6. The van der Waals surface area contributed by atoms with Crippen molar-refractivity contribution in [1.29, 1.82) is 0 Å². The molecule has 0 radical (unpaired) electrons. The number of amidine groups is 1. The molecule has 0 N–H and O–H groups in total. The summed E-state index contributed by atoms with van der Waals surface area (Å²) in [4.78, 5) is 29.9. The first kappa shape index (κ1) is 15.4. The lowest BCUT2D eigenvalue weighted by Crippen LogP contribution is -2.38. The lowest BCUT2D eigenvalue weighted by atomic mass is 10.3. The van der Waals surface area contributed by atoms with E-state index in [1.807, 2.05) is 0 Å². The van der Waals surface area contributed by atoms with Crippen LogP contribution in [0.25, 0.3) is 0 Å². The minimum Gasteiger partial charge on any atom is -0.268 e. The summed E-state index contributed by atoms with van der Waals surface area (Å²) in [5, 5.41) is 10.8. The molecule has 0 aliphatic rings. The Morgan fingerprint density at radius 2 is 2.32 bits per heavy atom. The number of aliphatic imine (C=N–C) groups is 1. The van der Waals surface area contributed by atoms with Gasteiger partial charge >= 0.3 is 0 Å². The molecule has 9 heteroatoms. The molecule has 0 aromatic carbocycles. The van der Waals surface area contributed by atoms with Gasteiger partial charge in [0.05, 0.1) is 6.54 Å². The standard InChI is InChI=1S/C10H11ClN4O3S/c1-7(16)14(15(17)18)10(19-2)13-6-8-3-4-9(11)12-5-8/h3-5H,6H2,1-2H3. The summed E-state index contributed by atoms with van der Waals surface area (Å²) in [5.74, 6) is -0.702. The molecule has 7 nitrogen and oxygen atoms in total. The van der Waals surface area contributed by atoms with Gasteiger partial charge in [-0.15, -0.1) is 0 Å². The molecule has 0 spiro atoms. The Hall–Kier alpha value is -1.67. The van der Waals surface area contributed by atoms with Gasteiger partial charge in [0.25, 0.3) is 5.91 Å². The van der Waals surface area contributed by atoms with Gasteiger partial charge in [-0.1, -0.05) is 29.4 Å². The number of carbonyl (C=O) groups is 1. The minimum atomic E-state index is -0.794. The van der Waals surface area contributed by atoms with Crippen molar-refractivity contribution in [2.24, 2.45) is 4.99 Å². The maximum atomic E-state index is 11.2. The molecule has 19 heavy (non-hydrogen) atoms. The number of hydrogen-bond donors (Lipinski definition) is 0. The highest BCUT2D eigenvalue weighted by atomic mass is 35.5. The lowest BCUT2D eigenvalue weighted by Gasteiger charge is -2.10. The van der Waals surface area contributed by atoms with Crippen LogP contribution in [0.15, 0.2) is 23.3 Å². The molecule has 0 saturated carbocycles. The Morgan fingerprint density at radius 1 is 1.63 bits per heavy atom. The van der Waals surface area contributed by atoms with E-state index >= 15 is 0 Å². The fourth-order valence-electron chi connectivity index (χ4n) is 1.20. The van der Waals surface area contributed by atoms with Crippen molar-refractivity contribution in [2.75, 3.05) is 6.26 Å². The van der Waals surface area contributed by atoms with E-state index in [4.69, 9.17) is 11.6 Å². The van der Waals surface area contributed by atoms with E-state index < -0.39 is 10.9 Å². The topological polar surface area (TPSA) is 88.7 Å². The highest BCUT2D eigenvalue weighted by Crippen LogP contribution is 2.10. The van der Waals surface area contributed by atoms with Gasteiger partial charge in [-0.3, -0.25) is 9.79 Å².